The molecule has 0 saturated heterocycles. The van der Waals surface area contributed by atoms with E-state index >= 15 is 0 Å². The van der Waals surface area contributed by atoms with Gasteiger partial charge in [-0.3, -0.25) is 4.98 Å². The van der Waals surface area contributed by atoms with Crippen LogP contribution in [0.3, 0.4) is 0 Å². The Bertz CT molecular complexity index is 207. The summed E-state index contributed by atoms with van der Waals surface area (Å²) in [5, 5.41) is 0. The maximum atomic E-state index is 3.90. The van der Waals surface area contributed by atoms with Crippen molar-refractivity contribution in [1.29, 1.82) is 0 Å². The van der Waals surface area contributed by atoms with Crippen LogP contribution >= 0.6 is 0 Å². The van der Waals surface area contributed by atoms with Crippen LogP contribution in [0.15, 0.2) is 24.5 Å². The molecule has 0 fully saturated rings. The molecule has 0 unspecified atom stereocenters. The molecule has 2 nitrogen and oxygen atoms in total. The van der Waals surface area contributed by atoms with Crippen molar-refractivity contribution >= 4 is 28.4 Å². The normalized spacial score (nSPS) is 8.38. The fraction of sp³-hybridized carbons (Fsp3) is 0.500. The molecule has 1 aromatic heterocycles. The van der Waals surface area contributed by atoms with Gasteiger partial charge in [0.05, 0.1) is 0 Å². The quantitative estimate of drug-likeness (QED) is 0.705. The molecule has 0 radical (unpaired) electrons. The Morgan fingerprint density at radius 1 is 1.08 bits per heavy atom. The fourth-order valence-corrected chi connectivity index (χ4v) is 0.642. The molecule has 3 heteroatoms. The van der Waals surface area contributed by atoms with Crippen LogP contribution in [0.25, 0.3) is 0 Å². The van der Waals surface area contributed by atoms with Gasteiger partial charge in [0.25, 0.3) is 0 Å². The predicted molar refractivity (Wildman–Crippen MR) is 61.9 cm³/mol. The third-order valence-electron chi connectivity index (χ3n) is 1.18. The second-order valence-electron chi connectivity index (χ2n) is 3.83. The van der Waals surface area contributed by atoms with Crippen molar-refractivity contribution in [3.8, 4) is 0 Å². The fourth-order valence-electron chi connectivity index (χ4n) is 0.642. The molecule has 0 aliphatic rings. The van der Waals surface area contributed by atoms with Crippen molar-refractivity contribution in [2.45, 2.75) is 13.4 Å². The summed E-state index contributed by atoms with van der Waals surface area (Å²) in [5.41, 5.74) is 1.19. The first-order chi connectivity index (χ1) is 6.04. The molecule has 0 aromatic carbocycles. The van der Waals surface area contributed by atoms with Gasteiger partial charge in [0.1, 0.15) is 0 Å². The zero-order chi connectivity index (χ0) is 10.3. The van der Waals surface area contributed by atoms with Crippen LogP contribution in [0, 0.1) is 0 Å². The molecule has 1 rings (SSSR count). The van der Waals surface area contributed by atoms with Crippen molar-refractivity contribution in [3.63, 3.8) is 0 Å². The monoisotopic (exact) mass is 372 g/mol. The van der Waals surface area contributed by atoms with E-state index in [9.17, 15) is 0 Å². The van der Waals surface area contributed by atoms with E-state index < -0.39 is 22.7 Å². The van der Waals surface area contributed by atoms with Gasteiger partial charge >= 0.3 is 36.2 Å². The summed E-state index contributed by atoms with van der Waals surface area (Å²) in [7, 11) is 4.02. The molecule has 0 amide bonds. The minimum atomic E-state index is -0.722. The summed E-state index contributed by atoms with van der Waals surface area (Å²) in [6, 6.07) is 3.94. The second kappa shape index (κ2) is 7.29. The molecular weight excluding hydrogens is 353 g/mol. The van der Waals surface area contributed by atoms with Crippen LogP contribution in [0.1, 0.15) is 0 Å². The van der Waals surface area contributed by atoms with Crippen molar-refractivity contribution in [2.24, 2.45) is 0 Å². The van der Waals surface area contributed by atoms with Gasteiger partial charge in [0, 0.05) is 32.2 Å². The Hall–Kier alpha value is -0.128. The maximum absolute atomic E-state index is 3.90. The van der Waals surface area contributed by atoms with Crippen molar-refractivity contribution in [3.05, 3.63) is 24.5 Å². The van der Waals surface area contributed by atoms with E-state index in [4.69, 9.17) is 0 Å². The van der Waals surface area contributed by atoms with E-state index in [1.54, 1.807) is 12.4 Å². The van der Waals surface area contributed by atoms with E-state index in [0.29, 0.717) is 0 Å². The number of anilines is 1. The van der Waals surface area contributed by atoms with Crippen molar-refractivity contribution < 1.29 is 0 Å². The van der Waals surface area contributed by atoms with E-state index in [-0.39, 0.29) is 0 Å². The second-order valence-corrected chi connectivity index (χ2v) is 17.3. The summed E-state index contributed by atoms with van der Waals surface area (Å²) in [5.74, 6) is 0. The molecular formula is C10H19N2Tl. The number of nitrogens with zero attached hydrogens (tertiary/aromatic N) is 2. The number of rotatable bonds is 1. The minimum absolute atomic E-state index is 0.722. The van der Waals surface area contributed by atoms with E-state index in [2.05, 4.69) is 18.4 Å². The standard InChI is InChI=1S/C7H10N2.3CH3.Tl/c1-9(2)7-3-5-8-6-4-7;;;;/h3-6H,1-2H3;3*1H3;. The van der Waals surface area contributed by atoms with Crippen LogP contribution in [0.2, 0.25) is 13.4 Å². The first-order valence-electron chi connectivity index (χ1n) is 4.61. The molecule has 0 atom stereocenters. The average Bonchev–Trinajstić information content (AvgIpc) is 2.05. The van der Waals surface area contributed by atoms with Gasteiger partial charge in [-0.05, 0) is 12.1 Å². The van der Waals surface area contributed by atoms with Gasteiger partial charge in [-0.15, -0.1) is 0 Å². The van der Waals surface area contributed by atoms with Gasteiger partial charge in [-0.25, -0.2) is 0 Å². The van der Waals surface area contributed by atoms with Crippen molar-refractivity contribution in [2.75, 3.05) is 19.0 Å². The van der Waals surface area contributed by atoms with E-state index in [0.717, 1.165) is 0 Å². The van der Waals surface area contributed by atoms with Gasteiger partial charge in [-0.2, -0.15) is 0 Å². The van der Waals surface area contributed by atoms with Gasteiger partial charge in [-0.1, -0.05) is 0 Å². The van der Waals surface area contributed by atoms with E-state index in [1.807, 2.05) is 31.1 Å². The molecule has 0 spiro atoms. The van der Waals surface area contributed by atoms with Crippen LogP contribution in [-0.2, 0) is 0 Å². The zero-order valence-corrected chi connectivity index (χ0v) is 13.8. The Labute approximate surface area is 90.1 Å². The van der Waals surface area contributed by atoms with Crippen LogP contribution in [0.4, 0.5) is 5.69 Å². The molecule has 0 N–H and O–H groups in total. The van der Waals surface area contributed by atoms with Crippen LogP contribution in [-0.4, -0.2) is 41.8 Å². The summed E-state index contributed by atoms with van der Waals surface area (Å²) in [4.78, 5) is 5.94. The van der Waals surface area contributed by atoms with Crippen LogP contribution in [0.5, 0.6) is 0 Å². The molecule has 72 valence electrons. The zero-order valence-electron chi connectivity index (χ0n) is 9.28. The molecule has 0 saturated carbocycles. The Kier molecular flexibility index (Phi) is 7.22. The van der Waals surface area contributed by atoms with Gasteiger partial charge < -0.3 is 4.90 Å². The SMILES string of the molecule is CN(C)c1ccncc1.[CH3][Tl]([CH3])[CH3]. The van der Waals surface area contributed by atoms with Gasteiger partial charge in [0.15, 0.2) is 0 Å². The molecule has 1 aromatic rings. The predicted octanol–water partition coefficient (Wildman–Crippen LogP) is 2.52. The molecule has 1 heterocycles. The average molecular weight is 372 g/mol. The first-order valence-corrected chi connectivity index (χ1v) is 18.1. The number of hydrogen-bond acceptors (Lipinski definition) is 2. The first kappa shape index (κ1) is 12.9. The summed E-state index contributed by atoms with van der Waals surface area (Å²) in [6.45, 7) is 0. The summed E-state index contributed by atoms with van der Waals surface area (Å²) < 4.78 is 7.17. The number of pyridine rings is 1. The third-order valence-corrected chi connectivity index (χ3v) is 1.18. The topological polar surface area (TPSA) is 16.1 Å². The summed E-state index contributed by atoms with van der Waals surface area (Å²) >= 11 is -0.722. The summed E-state index contributed by atoms with van der Waals surface area (Å²) in [6.07, 6.45) is 3.57. The number of aromatic nitrogens is 1. The third kappa shape index (κ3) is 8.21. The van der Waals surface area contributed by atoms with Crippen LogP contribution < -0.4 is 4.90 Å². The van der Waals surface area contributed by atoms with E-state index in [1.165, 1.54) is 5.69 Å². The Morgan fingerprint density at radius 2 is 1.46 bits per heavy atom. The molecule has 13 heavy (non-hydrogen) atoms. The van der Waals surface area contributed by atoms with Crippen molar-refractivity contribution in [1.82, 2.24) is 4.98 Å². The molecule has 0 bridgehead atoms. The molecule has 0 aliphatic heterocycles. The number of hydrogen-bond donors (Lipinski definition) is 0. The van der Waals surface area contributed by atoms with Gasteiger partial charge in [0.2, 0.25) is 0 Å². The Balaban J connectivity index is 0.000000310. The molecule has 0 aliphatic carbocycles. The Morgan fingerprint density at radius 3 is 1.69 bits per heavy atom.